The van der Waals surface area contributed by atoms with Crippen LogP contribution in [0.25, 0.3) is 0 Å². The van der Waals surface area contributed by atoms with Crippen LogP contribution in [-0.4, -0.2) is 65.3 Å². The monoisotopic (exact) mass is 272 g/mol. The first-order chi connectivity index (χ1) is 8.79. The maximum atomic E-state index is 12.4. The van der Waals surface area contributed by atoms with E-state index in [0.717, 1.165) is 12.8 Å². The molecule has 1 N–H and O–H groups in total. The van der Waals surface area contributed by atoms with Gasteiger partial charge in [-0.25, -0.2) is 4.79 Å². The molecule has 1 aliphatic rings. The molecule has 19 heavy (non-hydrogen) atoms. The summed E-state index contributed by atoms with van der Waals surface area (Å²) in [7, 11) is 1.64. The molecule has 1 heterocycles. The third kappa shape index (κ3) is 4.09. The molecule has 0 spiro atoms. The standard InChI is InChI=1S/C13H24N2O4/c1-10(2)15(8-11(16)17)12(18)14-7-5-6-13(3,9-14)19-4/h10H,5-9H2,1-4H3,(H,16,17). The van der Waals surface area contributed by atoms with E-state index in [9.17, 15) is 9.59 Å². The fourth-order valence-electron chi connectivity index (χ4n) is 2.33. The van der Waals surface area contributed by atoms with Gasteiger partial charge in [-0.3, -0.25) is 4.79 Å². The summed E-state index contributed by atoms with van der Waals surface area (Å²) in [6.45, 7) is 6.51. The van der Waals surface area contributed by atoms with Gasteiger partial charge in [0.15, 0.2) is 0 Å². The van der Waals surface area contributed by atoms with Crippen molar-refractivity contribution in [2.45, 2.75) is 45.3 Å². The number of carboxylic acids is 1. The van der Waals surface area contributed by atoms with Gasteiger partial charge < -0.3 is 19.6 Å². The lowest BCUT2D eigenvalue weighted by Gasteiger charge is -2.41. The molecule has 0 aromatic carbocycles. The minimum atomic E-state index is -0.992. The number of ether oxygens (including phenoxy) is 1. The highest BCUT2D eigenvalue weighted by atomic mass is 16.5. The third-order valence-electron chi connectivity index (χ3n) is 3.60. The average molecular weight is 272 g/mol. The van der Waals surface area contributed by atoms with Gasteiger partial charge in [0.05, 0.1) is 12.1 Å². The topological polar surface area (TPSA) is 70.1 Å². The van der Waals surface area contributed by atoms with Crippen LogP contribution in [0.3, 0.4) is 0 Å². The van der Waals surface area contributed by atoms with Crippen LogP contribution in [0.15, 0.2) is 0 Å². The molecular formula is C13H24N2O4. The van der Waals surface area contributed by atoms with Crippen molar-refractivity contribution < 1.29 is 19.4 Å². The van der Waals surface area contributed by atoms with Crippen LogP contribution in [-0.2, 0) is 9.53 Å². The summed E-state index contributed by atoms with van der Waals surface area (Å²) in [5.74, 6) is -0.992. The number of hydrogen-bond acceptors (Lipinski definition) is 3. The summed E-state index contributed by atoms with van der Waals surface area (Å²) in [5, 5.41) is 8.89. The Bertz CT molecular complexity index is 346. The quantitative estimate of drug-likeness (QED) is 0.840. The van der Waals surface area contributed by atoms with Gasteiger partial charge in [-0.05, 0) is 33.6 Å². The van der Waals surface area contributed by atoms with Crippen LogP contribution in [0.5, 0.6) is 0 Å². The number of aliphatic carboxylic acids is 1. The SMILES string of the molecule is COC1(C)CCCN(C(=O)N(CC(=O)O)C(C)C)C1. The van der Waals surface area contributed by atoms with E-state index < -0.39 is 5.97 Å². The number of rotatable bonds is 4. The highest BCUT2D eigenvalue weighted by Crippen LogP contribution is 2.24. The molecule has 0 saturated carbocycles. The summed E-state index contributed by atoms with van der Waals surface area (Å²) in [5.41, 5.74) is -0.334. The third-order valence-corrected chi connectivity index (χ3v) is 3.60. The number of carboxylic acid groups (broad SMARTS) is 1. The van der Waals surface area contributed by atoms with Crippen LogP contribution >= 0.6 is 0 Å². The minimum absolute atomic E-state index is 0.140. The molecule has 110 valence electrons. The van der Waals surface area contributed by atoms with Crippen LogP contribution in [0.2, 0.25) is 0 Å². The first-order valence-corrected chi connectivity index (χ1v) is 6.61. The fraction of sp³-hybridized carbons (Fsp3) is 0.846. The number of amides is 2. The maximum absolute atomic E-state index is 12.4. The van der Waals surface area contributed by atoms with E-state index >= 15 is 0 Å². The number of hydrogen-bond donors (Lipinski definition) is 1. The van der Waals surface area contributed by atoms with Crippen LogP contribution in [0, 0.1) is 0 Å². The molecule has 6 heteroatoms. The summed E-state index contributed by atoms with van der Waals surface area (Å²) in [6.07, 6.45) is 1.78. The molecule has 1 rings (SSSR count). The first-order valence-electron chi connectivity index (χ1n) is 6.61. The minimum Gasteiger partial charge on any atom is -0.480 e. The van der Waals surface area contributed by atoms with Crippen LogP contribution < -0.4 is 0 Å². The number of likely N-dealkylation sites (tertiary alicyclic amines) is 1. The van der Waals surface area contributed by atoms with E-state index in [1.54, 1.807) is 12.0 Å². The number of methoxy groups -OCH3 is 1. The molecule has 1 saturated heterocycles. The zero-order valence-electron chi connectivity index (χ0n) is 12.2. The van der Waals surface area contributed by atoms with Crippen molar-refractivity contribution in [3.05, 3.63) is 0 Å². The molecule has 1 aliphatic heterocycles. The van der Waals surface area contributed by atoms with E-state index in [1.165, 1.54) is 4.90 Å². The van der Waals surface area contributed by atoms with E-state index in [1.807, 2.05) is 20.8 Å². The van der Waals surface area contributed by atoms with E-state index in [0.29, 0.717) is 13.1 Å². The van der Waals surface area contributed by atoms with Gasteiger partial charge in [-0.15, -0.1) is 0 Å². The number of carbonyl (C=O) groups is 2. The molecule has 1 fully saturated rings. The van der Waals surface area contributed by atoms with Crippen molar-refractivity contribution in [2.75, 3.05) is 26.7 Å². The van der Waals surface area contributed by atoms with E-state index in [-0.39, 0.29) is 24.2 Å². The lowest BCUT2D eigenvalue weighted by atomic mass is 9.95. The lowest BCUT2D eigenvalue weighted by Crippen LogP contribution is -2.55. The average Bonchev–Trinajstić information content (AvgIpc) is 2.34. The van der Waals surface area contributed by atoms with E-state index in [2.05, 4.69) is 0 Å². The Kier molecular flexibility index (Phi) is 5.17. The molecule has 0 radical (unpaired) electrons. The molecule has 0 aromatic rings. The Morgan fingerprint density at radius 2 is 2.11 bits per heavy atom. The Labute approximate surface area is 114 Å². The zero-order valence-corrected chi connectivity index (χ0v) is 12.2. The first kappa shape index (κ1) is 15.8. The molecule has 6 nitrogen and oxygen atoms in total. The van der Waals surface area contributed by atoms with Crippen molar-refractivity contribution in [2.24, 2.45) is 0 Å². The normalized spacial score (nSPS) is 23.5. The maximum Gasteiger partial charge on any atom is 0.323 e. The summed E-state index contributed by atoms with van der Waals surface area (Å²) < 4.78 is 5.45. The zero-order chi connectivity index (χ0) is 14.6. The van der Waals surface area contributed by atoms with E-state index in [4.69, 9.17) is 9.84 Å². The Balaban J connectivity index is 2.76. The van der Waals surface area contributed by atoms with Crippen molar-refractivity contribution >= 4 is 12.0 Å². The van der Waals surface area contributed by atoms with Crippen LogP contribution in [0.1, 0.15) is 33.6 Å². The molecule has 0 aromatic heterocycles. The predicted molar refractivity (Wildman–Crippen MR) is 71.1 cm³/mol. The van der Waals surface area contributed by atoms with Gasteiger partial charge in [0.1, 0.15) is 6.54 Å². The largest absolute Gasteiger partial charge is 0.480 e. The highest BCUT2D eigenvalue weighted by molar-refractivity contribution is 5.80. The number of urea groups is 1. The Morgan fingerprint density at radius 3 is 2.58 bits per heavy atom. The molecule has 2 amide bonds. The summed E-state index contributed by atoms with van der Waals surface area (Å²) in [6, 6.07) is -0.361. The van der Waals surface area contributed by atoms with Gasteiger partial charge in [-0.1, -0.05) is 0 Å². The van der Waals surface area contributed by atoms with Crippen molar-refractivity contribution in [1.82, 2.24) is 9.80 Å². The van der Waals surface area contributed by atoms with Crippen LogP contribution in [0.4, 0.5) is 4.79 Å². The van der Waals surface area contributed by atoms with Crippen molar-refractivity contribution in [1.29, 1.82) is 0 Å². The molecular weight excluding hydrogens is 248 g/mol. The van der Waals surface area contributed by atoms with Gasteiger partial charge >= 0.3 is 12.0 Å². The Hall–Kier alpha value is -1.30. The second-order valence-corrected chi connectivity index (χ2v) is 5.58. The summed E-state index contributed by atoms with van der Waals surface area (Å²) in [4.78, 5) is 26.3. The molecule has 1 unspecified atom stereocenters. The van der Waals surface area contributed by atoms with Gasteiger partial charge in [-0.2, -0.15) is 0 Å². The predicted octanol–water partition coefficient (Wildman–Crippen LogP) is 1.40. The number of carbonyl (C=O) groups excluding carboxylic acids is 1. The molecule has 0 aliphatic carbocycles. The molecule has 0 bridgehead atoms. The Morgan fingerprint density at radius 1 is 1.47 bits per heavy atom. The fourth-order valence-corrected chi connectivity index (χ4v) is 2.33. The second-order valence-electron chi connectivity index (χ2n) is 5.58. The number of nitrogens with zero attached hydrogens (tertiary/aromatic N) is 2. The second kappa shape index (κ2) is 6.23. The highest BCUT2D eigenvalue weighted by Gasteiger charge is 2.35. The van der Waals surface area contributed by atoms with Gasteiger partial charge in [0.25, 0.3) is 0 Å². The van der Waals surface area contributed by atoms with Gasteiger partial charge in [0.2, 0.25) is 0 Å². The van der Waals surface area contributed by atoms with Crippen molar-refractivity contribution in [3.8, 4) is 0 Å². The van der Waals surface area contributed by atoms with Crippen molar-refractivity contribution in [3.63, 3.8) is 0 Å². The smallest absolute Gasteiger partial charge is 0.323 e. The number of piperidine rings is 1. The van der Waals surface area contributed by atoms with Gasteiger partial charge in [0, 0.05) is 19.7 Å². The molecule has 1 atom stereocenters. The lowest BCUT2D eigenvalue weighted by molar-refractivity contribution is -0.138. The summed E-state index contributed by atoms with van der Waals surface area (Å²) >= 11 is 0.